The summed E-state index contributed by atoms with van der Waals surface area (Å²) in [6, 6.07) is 4.52. The molecule has 2 unspecified atom stereocenters. The largest absolute Gasteiger partial charge is 0.496 e. The Morgan fingerprint density at radius 3 is 2.38 bits per heavy atom. The first kappa shape index (κ1) is 13.0. The van der Waals surface area contributed by atoms with Gasteiger partial charge in [0.1, 0.15) is 5.75 Å². The average Bonchev–Trinajstić information content (AvgIpc) is 2.14. The Morgan fingerprint density at radius 1 is 1.25 bits per heavy atom. The summed E-state index contributed by atoms with van der Waals surface area (Å²) in [5.41, 5.74) is 9.70. The molecule has 2 heteroatoms. The summed E-state index contributed by atoms with van der Waals surface area (Å²) in [6.07, 6.45) is 0.986. The van der Waals surface area contributed by atoms with Crippen LogP contribution < -0.4 is 10.5 Å². The third-order valence-electron chi connectivity index (χ3n) is 2.93. The van der Waals surface area contributed by atoms with Crippen LogP contribution in [0.3, 0.4) is 0 Å². The Morgan fingerprint density at radius 2 is 1.88 bits per heavy atom. The van der Waals surface area contributed by atoms with Crippen molar-refractivity contribution in [3.63, 3.8) is 0 Å². The molecule has 1 aromatic rings. The second kappa shape index (κ2) is 5.35. The molecule has 2 nitrogen and oxygen atoms in total. The fourth-order valence-electron chi connectivity index (χ4n) is 2.42. The van der Waals surface area contributed by atoms with Gasteiger partial charge < -0.3 is 10.5 Å². The van der Waals surface area contributed by atoms with Crippen LogP contribution in [0.1, 0.15) is 42.9 Å². The van der Waals surface area contributed by atoms with Crippen molar-refractivity contribution in [3.05, 3.63) is 28.8 Å². The van der Waals surface area contributed by atoms with Crippen LogP contribution in [0, 0.1) is 13.8 Å². The molecule has 1 rings (SSSR count). The standard InChI is InChI=1S/C14H23NO/c1-9-6-10(2)14(13(7-9)16-5)11(3)8-12(4)15/h6-7,11-12H,8,15H2,1-5H3. The first-order chi connectivity index (χ1) is 7.45. The number of benzene rings is 1. The number of nitrogens with two attached hydrogens (primary N) is 1. The summed E-state index contributed by atoms with van der Waals surface area (Å²) in [7, 11) is 1.73. The van der Waals surface area contributed by atoms with E-state index >= 15 is 0 Å². The van der Waals surface area contributed by atoms with Gasteiger partial charge >= 0.3 is 0 Å². The fourth-order valence-corrected chi connectivity index (χ4v) is 2.42. The topological polar surface area (TPSA) is 35.2 Å². The SMILES string of the molecule is COc1cc(C)cc(C)c1C(C)CC(C)N. The molecular formula is C14H23NO. The smallest absolute Gasteiger partial charge is 0.122 e. The van der Waals surface area contributed by atoms with E-state index in [-0.39, 0.29) is 6.04 Å². The highest BCUT2D eigenvalue weighted by molar-refractivity contribution is 5.45. The van der Waals surface area contributed by atoms with Gasteiger partial charge in [-0.3, -0.25) is 0 Å². The van der Waals surface area contributed by atoms with E-state index < -0.39 is 0 Å². The quantitative estimate of drug-likeness (QED) is 0.847. The van der Waals surface area contributed by atoms with E-state index in [0.29, 0.717) is 5.92 Å². The van der Waals surface area contributed by atoms with Gasteiger partial charge in [0, 0.05) is 6.04 Å². The molecule has 1 aromatic carbocycles. The molecule has 2 atom stereocenters. The summed E-state index contributed by atoms with van der Waals surface area (Å²) >= 11 is 0. The Kier molecular flexibility index (Phi) is 4.36. The van der Waals surface area contributed by atoms with Gasteiger partial charge in [0.25, 0.3) is 0 Å². The van der Waals surface area contributed by atoms with E-state index in [2.05, 4.69) is 32.9 Å². The number of hydrogen-bond donors (Lipinski definition) is 1. The highest BCUT2D eigenvalue weighted by atomic mass is 16.5. The summed E-state index contributed by atoms with van der Waals surface area (Å²) in [5.74, 6) is 1.43. The number of rotatable bonds is 4. The van der Waals surface area contributed by atoms with Crippen molar-refractivity contribution < 1.29 is 4.74 Å². The molecule has 0 fully saturated rings. The van der Waals surface area contributed by atoms with Crippen LogP contribution in [-0.2, 0) is 0 Å². The van der Waals surface area contributed by atoms with E-state index in [4.69, 9.17) is 10.5 Å². The zero-order valence-electron chi connectivity index (χ0n) is 11.0. The van der Waals surface area contributed by atoms with Crippen molar-refractivity contribution in [2.24, 2.45) is 5.73 Å². The highest BCUT2D eigenvalue weighted by Crippen LogP contribution is 2.33. The molecule has 0 bridgehead atoms. The first-order valence-corrected chi connectivity index (χ1v) is 5.86. The lowest BCUT2D eigenvalue weighted by Crippen LogP contribution is -2.18. The summed E-state index contributed by atoms with van der Waals surface area (Å²) in [6.45, 7) is 8.49. The third-order valence-corrected chi connectivity index (χ3v) is 2.93. The number of methoxy groups -OCH3 is 1. The van der Waals surface area contributed by atoms with Crippen LogP contribution in [0.25, 0.3) is 0 Å². The Labute approximate surface area is 98.8 Å². The predicted molar refractivity (Wildman–Crippen MR) is 69.1 cm³/mol. The Bertz CT molecular complexity index is 358. The minimum absolute atomic E-state index is 0.223. The maximum Gasteiger partial charge on any atom is 0.122 e. The van der Waals surface area contributed by atoms with Crippen LogP contribution in [0.15, 0.2) is 12.1 Å². The fraction of sp³-hybridized carbons (Fsp3) is 0.571. The van der Waals surface area contributed by atoms with Gasteiger partial charge in [-0.25, -0.2) is 0 Å². The van der Waals surface area contributed by atoms with Crippen LogP contribution in [0.5, 0.6) is 5.75 Å². The molecule has 0 saturated carbocycles. The van der Waals surface area contributed by atoms with Gasteiger partial charge in [0.05, 0.1) is 7.11 Å². The van der Waals surface area contributed by atoms with E-state index in [0.717, 1.165) is 12.2 Å². The Hall–Kier alpha value is -1.02. The van der Waals surface area contributed by atoms with E-state index in [9.17, 15) is 0 Å². The molecule has 0 aliphatic carbocycles. The van der Waals surface area contributed by atoms with Crippen LogP contribution in [-0.4, -0.2) is 13.2 Å². The van der Waals surface area contributed by atoms with Gasteiger partial charge in [-0.15, -0.1) is 0 Å². The van der Waals surface area contributed by atoms with Crippen LogP contribution >= 0.6 is 0 Å². The van der Waals surface area contributed by atoms with Crippen molar-refractivity contribution in [1.82, 2.24) is 0 Å². The molecular weight excluding hydrogens is 198 g/mol. The zero-order valence-corrected chi connectivity index (χ0v) is 11.0. The zero-order chi connectivity index (χ0) is 12.3. The minimum Gasteiger partial charge on any atom is -0.496 e. The predicted octanol–water partition coefficient (Wildman–Crippen LogP) is 3.15. The number of aryl methyl sites for hydroxylation is 2. The summed E-state index contributed by atoms with van der Waals surface area (Å²) in [5, 5.41) is 0. The van der Waals surface area contributed by atoms with Crippen LogP contribution in [0.2, 0.25) is 0 Å². The van der Waals surface area contributed by atoms with E-state index in [1.54, 1.807) is 7.11 Å². The van der Waals surface area contributed by atoms with Crippen molar-refractivity contribution in [2.75, 3.05) is 7.11 Å². The van der Waals surface area contributed by atoms with Gasteiger partial charge in [0.2, 0.25) is 0 Å². The molecule has 0 radical (unpaired) electrons. The first-order valence-electron chi connectivity index (χ1n) is 5.86. The van der Waals surface area contributed by atoms with Gasteiger partial charge in [-0.2, -0.15) is 0 Å². The van der Waals surface area contributed by atoms with E-state index in [1.807, 2.05) is 6.92 Å². The maximum atomic E-state index is 5.86. The lowest BCUT2D eigenvalue weighted by Gasteiger charge is -2.20. The molecule has 0 saturated heterocycles. The molecule has 0 aromatic heterocycles. The number of ether oxygens (including phenoxy) is 1. The number of hydrogen-bond acceptors (Lipinski definition) is 2. The van der Waals surface area contributed by atoms with E-state index in [1.165, 1.54) is 16.7 Å². The highest BCUT2D eigenvalue weighted by Gasteiger charge is 2.16. The minimum atomic E-state index is 0.223. The lowest BCUT2D eigenvalue weighted by molar-refractivity contribution is 0.403. The van der Waals surface area contributed by atoms with Crippen molar-refractivity contribution in [3.8, 4) is 5.75 Å². The molecule has 0 amide bonds. The van der Waals surface area contributed by atoms with Gasteiger partial charge in [0.15, 0.2) is 0 Å². The van der Waals surface area contributed by atoms with Gasteiger partial charge in [-0.05, 0) is 55.9 Å². The molecule has 0 spiro atoms. The molecule has 0 heterocycles. The lowest BCUT2D eigenvalue weighted by atomic mass is 9.89. The summed E-state index contributed by atoms with van der Waals surface area (Å²) in [4.78, 5) is 0. The molecule has 16 heavy (non-hydrogen) atoms. The normalized spacial score (nSPS) is 14.6. The molecule has 90 valence electrons. The van der Waals surface area contributed by atoms with Crippen LogP contribution in [0.4, 0.5) is 0 Å². The van der Waals surface area contributed by atoms with Crippen molar-refractivity contribution in [2.45, 2.75) is 46.1 Å². The second-order valence-corrected chi connectivity index (χ2v) is 4.81. The molecule has 0 aliphatic rings. The maximum absolute atomic E-state index is 5.86. The summed E-state index contributed by atoms with van der Waals surface area (Å²) < 4.78 is 5.47. The van der Waals surface area contributed by atoms with Crippen molar-refractivity contribution in [1.29, 1.82) is 0 Å². The Balaban J connectivity index is 3.10. The second-order valence-electron chi connectivity index (χ2n) is 4.81. The molecule has 2 N–H and O–H groups in total. The molecule has 0 aliphatic heterocycles. The average molecular weight is 221 g/mol. The van der Waals surface area contributed by atoms with Gasteiger partial charge in [-0.1, -0.05) is 13.0 Å². The third kappa shape index (κ3) is 2.99. The van der Waals surface area contributed by atoms with Crippen molar-refractivity contribution >= 4 is 0 Å². The monoisotopic (exact) mass is 221 g/mol.